The van der Waals surface area contributed by atoms with Crippen LogP contribution in [0.5, 0.6) is 0 Å². The van der Waals surface area contributed by atoms with Crippen LogP contribution >= 0.6 is 0 Å². The van der Waals surface area contributed by atoms with Gasteiger partial charge in [0.1, 0.15) is 11.4 Å². The third-order valence-electron chi connectivity index (χ3n) is 6.08. The third kappa shape index (κ3) is 3.36. The largest absolute Gasteiger partial charge is 0.477 e. The Hall–Kier alpha value is -4.32. The summed E-state index contributed by atoms with van der Waals surface area (Å²) in [6, 6.07) is 23.1. The average molecular weight is 438 g/mol. The minimum atomic E-state index is -1.06. The van der Waals surface area contributed by atoms with Crippen molar-refractivity contribution in [3.8, 4) is 0 Å². The number of carbonyl (C=O) groups is 2. The standard InChI is InChI=1S/C27H22N2O4/c1-15-11-13-16(14-12-15)21(22-17-7-3-5-9-19(17)28-24(22)26(30)31)23-18-8-4-6-10-20(18)29-25(23)27(32)33-2/h3-14,21,28-29H,1-2H3,(H,30,31). The van der Waals surface area contributed by atoms with E-state index >= 15 is 0 Å². The molecular weight excluding hydrogens is 416 g/mol. The molecule has 3 N–H and O–H groups in total. The van der Waals surface area contributed by atoms with Gasteiger partial charge in [0.2, 0.25) is 0 Å². The molecule has 0 saturated heterocycles. The van der Waals surface area contributed by atoms with E-state index in [0.717, 1.165) is 32.9 Å². The van der Waals surface area contributed by atoms with Crippen LogP contribution in [0.3, 0.4) is 0 Å². The quantitative estimate of drug-likeness (QED) is 0.310. The maximum absolute atomic E-state index is 12.9. The van der Waals surface area contributed by atoms with Crippen molar-refractivity contribution in [2.24, 2.45) is 0 Å². The van der Waals surface area contributed by atoms with Crippen LogP contribution in [0.15, 0.2) is 72.8 Å². The second-order valence-electron chi connectivity index (χ2n) is 8.06. The monoisotopic (exact) mass is 438 g/mol. The number of carboxylic acid groups (broad SMARTS) is 1. The number of benzene rings is 3. The van der Waals surface area contributed by atoms with Crippen molar-refractivity contribution in [2.45, 2.75) is 12.8 Å². The molecule has 6 heteroatoms. The summed E-state index contributed by atoms with van der Waals surface area (Å²) >= 11 is 0. The Morgan fingerprint density at radius 1 is 0.788 bits per heavy atom. The summed E-state index contributed by atoms with van der Waals surface area (Å²) in [4.78, 5) is 31.5. The molecule has 5 aromatic rings. The van der Waals surface area contributed by atoms with E-state index in [1.54, 1.807) is 0 Å². The molecule has 3 aromatic carbocycles. The number of aromatic nitrogens is 2. The molecule has 0 bridgehead atoms. The summed E-state index contributed by atoms with van der Waals surface area (Å²) in [6.45, 7) is 2.00. The molecule has 0 fully saturated rings. The second kappa shape index (κ2) is 7.98. The van der Waals surface area contributed by atoms with Crippen molar-refractivity contribution in [2.75, 3.05) is 7.11 Å². The number of fused-ring (bicyclic) bond motifs is 2. The number of methoxy groups -OCH3 is 1. The van der Waals surface area contributed by atoms with Crippen LogP contribution in [0.2, 0.25) is 0 Å². The number of ether oxygens (including phenoxy) is 1. The molecule has 1 atom stereocenters. The highest BCUT2D eigenvalue weighted by atomic mass is 16.5. The topological polar surface area (TPSA) is 95.2 Å². The van der Waals surface area contributed by atoms with E-state index in [0.29, 0.717) is 16.8 Å². The van der Waals surface area contributed by atoms with Crippen LogP contribution in [0.25, 0.3) is 21.8 Å². The van der Waals surface area contributed by atoms with E-state index < -0.39 is 17.9 Å². The van der Waals surface area contributed by atoms with Crippen LogP contribution in [0.4, 0.5) is 0 Å². The van der Waals surface area contributed by atoms with Gasteiger partial charge in [0.05, 0.1) is 7.11 Å². The SMILES string of the molecule is COC(=O)c1[nH]c2ccccc2c1C(c1ccc(C)cc1)c1c(C(=O)O)[nH]c2ccccc12. The zero-order valence-electron chi connectivity index (χ0n) is 18.2. The number of para-hydroxylation sites is 2. The Kier molecular flexibility index (Phi) is 4.98. The van der Waals surface area contributed by atoms with Gasteiger partial charge in [0.25, 0.3) is 0 Å². The Morgan fingerprint density at radius 3 is 1.85 bits per heavy atom. The molecule has 164 valence electrons. The third-order valence-corrected chi connectivity index (χ3v) is 6.08. The molecule has 0 saturated carbocycles. The summed E-state index contributed by atoms with van der Waals surface area (Å²) in [5, 5.41) is 11.7. The van der Waals surface area contributed by atoms with Crippen LogP contribution < -0.4 is 0 Å². The molecule has 0 aliphatic heterocycles. The van der Waals surface area contributed by atoms with Gasteiger partial charge >= 0.3 is 11.9 Å². The number of aromatic amines is 2. The first-order valence-corrected chi connectivity index (χ1v) is 10.6. The Labute approximate surface area is 189 Å². The fraction of sp³-hybridized carbons (Fsp3) is 0.111. The van der Waals surface area contributed by atoms with Gasteiger partial charge in [-0.05, 0) is 24.6 Å². The van der Waals surface area contributed by atoms with Gasteiger partial charge in [-0.2, -0.15) is 0 Å². The smallest absolute Gasteiger partial charge is 0.354 e. The van der Waals surface area contributed by atoms with E-state index in [1.165, 1.54) is 7.11 Å². The lowest BCUT2D eigenvalue weighted by Gasteiger charge is -2.20. The normalized spacial score (nSPS) is 12.2. The average Bonchev–Trinajstić information content (AvgIpc) is 3.40. The summed E-state index contributed by atoms with van der Waals surface area (Å²) in [7, 11) is 1.34. The molecule has 6 nitrogen and oxygen atoms in total. The molecule has 0 amide bonds. The molecule has 0 aliphatic rings. The van der Waals surface area contributed by atoms with Crippen molar-refractivity contribution in [1.82, 2.24) is 9.97 Å². The fourth-order valence-electron chi connectivity index (χ4n) is 4.60. The zero-order valence-corrected chi connectivity index (χ0v) is 18.2. The first-order valence-electron chi connectivity index (χ1n) is 10.6. The number of carbonyl (C=O) groups excluding carboxylic acids is 1. The number of carboxylic acids is 1. The zero-order chi connectivity index (χ0) is 23.1. The lowest BCUT2D eigenvalue weighted by Crippen LogP contribution is -2.13. The van der Waals surface area contributed by atoms with E-state index in [9.17, 15) is 14.7 Å². The predicted octanol–water partition coefficient (Wildman–Crippen LogP) is 5.62. The summed E-state index contributed by atoms with van der Waals surface area (Å²) < 4.78 is 5.10. The number of hydrogen-bond acceptors (Lipinski definition) is 3. The van der Waals surface area contributed by atoms with Gasteiger partial charge in [0.15, 0.2) is 0 Å². The number of hydrogen-bond donors (Lipinski definition) is 3. The Balaban J connectivity index is 1.93. The highest BCUT2D eigenvalue weighted by Crippen LogP contribution is 2.43. The lowest BCUT2D eigenvalue weighted by molar-refractivity contribution is 0.0593. The van der Waals surface area contributed by atoms with Gasteiger partial charge in [0, 0.05) is 38.9 Å². The molecular formula is C27H22N2O4. The van der Waals surface area contributed by atoms with Crippen LogP contribution in [0, 0.1) is 6.92 Å². The van der Waals surface area contributed by atoms with Crippen molar-refractivity contribution in [3.05, 3.63) is 106 Å². The fourth-order valence-corrected chi connectivity index (χ4v) is 4.60. The Morgan fingerprint density at radius 2 is 1.30 bits per heavy atom. The second-order valence-corrected chi connectivity index (χ2v) is 8.06. The number of esters is 1. The van der Waals surface area contributed by atoms with E-state index in [2.05, 4.69) is 9.97 Å². The van der Waals surface area contributed by atoms with Crippen LogP contribution in [-0.4, -0.2) is 34.1 Å². The van der Waals surface area contributed by atoms with E-state index in [-0.39, 0.29) is 5.69 Å². The van der Waals surface area contributed by atoms with Gasteiger partial charge in [-0.25, -0.2) is 9.59 Å². The van der Waals surface area contributed by atoms with Gasteiger partial charge in [-0.1, -0.05) is 66.2 Å². The molecule has 0 radical (unpaired) electrons. The number of nitrogens with one attached hydrogen (secondary N) is 2. The van der Waals surface area contributed by atoms with Crippen LogP contribution in [-0.2, 0) is 4.74 Å². The van der Waals surface area contributed by atoms with E-state index in [1.807, 2.05) is 79.7 Å². The minimum Gasteiger partial charge on any atom is -0.477 e. The molecule has 5 rings (SSSR count). The number of H-pyrrole nitrogens is 2. The molecule has 33 heavy (non-hydrogen) atoms. The van der Waals surface area contributed by atoms with Crippen molar-refractivity contribution < 1.29 is 19.4 Å². The molecule has 2 aromatic heterocycles. The van der Waals surface area contributed by atoms with E-state index in [4.69, 9.17) is 4.74 Å². The lowest BCUT2D eigenvalue weighted by atomic mass is 9.81. The molecule has 0 spiro atoms. The maximum Gasteiger partial charge on any atom is 0.354 e. The number of aromatic carboxylic acids is 1. The number of rotatable bonds is 5. The first-order chi connectivity index (χ1) is 16.0. The Bertz CT molecular complexity index is 1510. The van der Waals surface area contributed by atoms with Gasteiger partial charge in [-0.15, -0.1) is 0 Å². The molecule has 2 heterocycles. The highest BCUT2D eigenvalue weighted by molar-refractivity contribution is 6.03. The minimum absolute atomic E-state index is 0.0999. The highest BCUT2D eigenvalue weighted by Gasteiger charge is 2.33. The first kappa shape index (κ1) is 20.6. The maximum atomic E-state index is 12.9. The van der Waals surface area contributed by atoms with Crippen molar-refractivity contribution in [3.63, 3.8) is 0 Å². The van der Waals surface area contributed by atoms with Crippen LogP contribution in [0.1, 0.15) is 49.1 Å². The summed E-state index contributed by atoms with van der Waals surface area (Å²) in [5.41, 5.74) is 5.17. The van der Waals surface area contributed by atoms with Gasteiger partial charge in [-0.3, -0.25) is 0 Å². The predicted molar refractivity (Wildman–Crippen MR) is 127 cm³/mol. The number of aryl methyl sites for hydroxylation is 1. The molecule has 1 unspecified atom stereocenters. The van der Waals surface area contributed by atoms with Gasteiger partial charge < -0.3 is 19.8 Å². The summed E-state index contributed by atoms with van der Waals surface area (Å²) in [6.07, 6.45) is 0. The van der Waals surface area contributed by atoms with Crippen molar-refractivity contribution >= 4 is 33.7 Å². The summed E-state index contributed by atoms with van der Waals surface area (Å²) in [5.74, 6) is -2.09. The van der Waals surface area contributed by atoms with Crippen molar-refractivity contribution in [1.29, 1.82) is 0 Å². The molecule has 0 aliphatic carbocycles.